The van der Waals surface area contributed by atoms with Crippen LogP contribution in [0.15, 0.2) is 42.8 Å². The van der Waals surface area contributed by atoms with Gasteiger partial charge < -0.3 is 14.4 Å². The number of benzene rings is 1. The van der Waals surface area contributed by atoms with Gasteiger partial charge in [-0.1, -0.05) is 11.6 Å². The van der Waals surface area contributed by atoms with Crippen molar-refractivity contribution in [2.45, 2.75) is 12.5 Å². The molecule has 0 radical (unpaired) electrons. The van der Waals surface area contributed by atoms with E-state index in [0.29, 0.717) is 23.0 Å². The lowest BCUT2D eigenvalue weighted by atomic mass is 10.1. The topological polar surface area (TPSA) is 64.1 Å². The highest BCUT2D eigenvalue weighted by molar-refractivity contribution is 6.31. The zero-order valence-electron chi connectivity index (χ0n) is 16.7. The molecule has 29 heavy (non-hydrogen) atoms. The maximum absolute atomic E-state index is 12.4. The predicted octanol–water partition coefficient (Wildman–Crippen LogP) is 3.64. The molecular formula is C21H24ClN3O4. The number of hydrogen-bond acceptors (Lipinski definition) is 6. The molecule has 1 saturated heterocycles. The third-order valence-corrected chi connectivity index (χ3v) is 4.99. The number of ether oxygens (including phenoxy) is 2. The Morgan fingerprint density at radius 2 is 2.17 bits per heavy atom. The number of pyridine rings is 1. The van der Waals surface area contributed by atoms with Gasteiger partial charge in [-0.15, -0.1) is 0 Å². The van der Waals surface area contributed by atoms with Crippen molar-refractivity contribution in [3.8, 4) is 5.88 Å². The molecule has 0 bridgehead atoms. The van der Waals surface area contributed by atoms with Crippen LogP contribution in [0.4, 0.5) is 5.69 Å². The molecule has 1 aliphatic rings. The molecule has 2 aromatic rings. The molecule has 0 N–H and O–H groups in total. The van der Waals surface area contributed by atoms with Gasteiger partial charge in [0.2, 0.25) is 5.88 Å². The van der Waals surface area contributed by atoms with Crippen LogP contribution in [0.1, 0.15) is 22.3 Å². The Kier molecular flexibility index (Phi) is 6.95. The average molecular weight is 418 g/mol. The standard InChI is InChI=1S/C21H24ClN3O4/c1-24(28-3)21(26)16-6-7-19(15(13-16)9-12-27-2)25-11-8-17(14-25)29-20-18(22)5-4-10-23-20/h4-7,9-10,12-13,17H,8,11,14H2,1-3H3/b12-9-. The summed E-state index contributed by atoms with van der Waals surface area (Å²) >= 11 is 6.15. The van der Waals surface area contributed by atoms with Gasteiger partial charge in [0, 0.05) is 43.0 Å². The van der Waals surface area contributed by atoms with Crippen LogP contribution in [0.2, 0.25) is 5.02 Å². The number of anilines is 1. The van der Waals surface area contributed by atoms with Crippen molar-refractivity contribution in [2.75, 3.05) is 39.3 Å². The molecular weight excluding hydrogens is 394 g/mol. The van der Waals surface area contributed by atoms with Crippen LogP contribution in [0.3, 0.4) is 0 Å². The van der Waals surface area contributed by atoms with Crippen molar-refractivity contribution < 1.29 is 19.1 Å². The van der Waals surface area contributed by atoms with Crippen LogP contribution in [0.25, 0.3) is 6.08 Å². The summed E-state index contributed by atoms with van der Waals surface area (Å²) in [6.45, 7) is 1.50. The van der Waals surface area contributed by atoms with Crippen molar-refractivity contribution in [1.29, 1.82) is 0 Å². The summed E-state index contributed by atoms with van der Waals surface area (Å²) in [5, 5.41) is 1.69. The van der Waals surface area contributed by atoms with Gasteiger partial charge in [0.05, 0.1) is 27.0 Å². The summed E-state index contributed by atoms with van der Waals surface area (Å²) in [6.07, 6.45) is 5.90. The lowest BCUT2D eigenvalue weighted by Gasteiger charge is -2.22. The first-order valence-corrected chi connectivity index (χ1v) is 9.59. The maximum Gasteiger partial charge on any atom is 0.277 e. The average Bonchev–Trinajstić information content (AvgIpc) is 3.20. The largest absolute Gasteiger partial charge is 0.504 e. The number of hydroxylamine groups is 2. The zero-order valence-corrected chi connectivity index (χ0v) is 17.4. The van der Waals surface area contributed by atoms with E-state index in [4.69, 9.17) is 25.9 Å². The van der Waals surface area contributed by atoms with E-state index in [9.17, 15) is 4.79 Å². The second-order valence-electron chi connectivity index (χ2n) is 6.56. The van der Waals surface area contributed by atoms with E-state index >= 15 is 0 Å². The molecule has 1 aliphatic heterocycles. The molecule has 1 atom stereocenters. The number of carbonyl (C=O) groups excluding carboxylic acids is 1. The van der Waals surface area contributed by atoms with Crippen molar-refractivity contribution in [3.05, 3.63) is 58.9 Å². The minimum absolute atomic E-state index is 0.0254. The molecule has 1 unspecified atom stereocenters. The van der Waals surface area contributed by atoms with Crippen LogP contribution in [-0.4, -0.2) is 56.4 Å². The highest BCUT2D eigenvalue weighted by Crippen LogP contribution is 2.30. The normalized spacial score (nSPS) is 16.3. The smallest absolute Gasteiger partial charge is 0.277 e. The second kappa shape index (κ2) is 9.62. The Labute approximate surface area is 175 Å². The van der Waals surface area contributed by atoms with Crippen LogP contribution in [0, 0.1) is 0 Å². The minimum atomic E-state index is -0.224. The first-order valence-electron chi connectivity index (χ1n) is 9.21. The van der Waals surface area contributed by atoms with E-state index in [-0.39, 0.29) is 12.0 Å². The number of amides is 1. The molecule has 8 heteroatoms. The van der Waals surface area contributed by atoms with Gasteiger partial charge in [0.25, 0.3) is 5.91 Å². The predicted molar refractivity (Wildman–Crippen MR) is 112 cm³/mol. The summed E-state index contributed by atoms with van der Waals surface area (Å²) in [4.78, 5) is 23.8. The van der Waals surface area contributed by atoms with E-state index in [0.717, 1.165) is 24.2 Å². The van der Waals surface area contributed by atoms with Gasteiger partial charge in [0.15, 0.2) is 0 Å². The monoisotopic (exact) mass is 417 g/mol. The molecule has 2 heterocycles. The second-order valence-corrected chi connectivity index (χ2v) is 6.97. The molecule has 7 nitrogen and oxygen atoms in total. The maximum atomic E-state index is 12.4. The lowest BCUT2D eigenvalue weighted by molar-refractivity contribution is -0.0756. The number of aromatic nitrogens is 1. The first kappa shape index (κ1) is 21.0. The molecule has 0 spiro atoms. The van der Waals surface area contributed by atoms with Crippen LogP contribution in [-0.2, 0) is 9.57 Å². The Morgan fingerprint density at radius 3 is 2.90 bits per heavy atom. The van der Waals surface area contributed by atoms with E-state index in [1.165, 1.54) is 12.2 Å². The number of rotatable bonds is 7. The van der Waals surface area contributed by atoms with Crippen molar-refractivity contribution in [3.63, 3.8) is 0 Å². The van der Waals surface area contributed by atoms with Crippen LogP contribution < -0.4 is 9.64 Å². The molecule has 0 aliphatic carbocycles. The number of hydrogen-bond donors (Lipinski definition) is 0. The third kappa shape index (κ3) is 4.99. The summed E-state index contributed by atoms with van der Waals surface area (Å²) in [5.74, 6) is 0.225. The molecule has 154 valence electrons. The van der Waals surface area contributed by atoms with E-state index < -0.39 is 0 Å². The summed E-state index contributed by atoms with van der Waals surface area (Å²) in [7, 11) is 4.61. The Morgan fingerprint density at radius 1 is 1.34 bits per heavy atom. The number of nitrogens with zero attached hydrogens (tertiary/aromatic N) is 3. The highest BCUT2D eigenvalue weighted by atomic mass is 35.5. The Hall–Kier alpha value is -2.77. The number of methoxy groups -OCH3 is 1. The summed E-state index contributed by atoms with van der Waals surface area (Å²) in [5.41, 5.74) is 2.40. The van der Waals surface area contributed by atoms with Gasteiger partial charge in [-0.05, 0) is 36.4 Å². The van der Waals surface area contributed by atoms with Crippen molar-refractivity contribution in [2.24, 2.45) is 0 Å². The van der Waals surface area contributed by atoms with E-state index in [1.807, 2.05) is 18.2 Å². The molecule has 1 amide bonds. The van der Waals surface area contributed by atoms with E-state index in [1.54, 1.807) is 44.8 Å². The molecule has 1 fully saturated rings. The SMILES string of the molecule is CO/C=C\c1cc(C(=O)N(C)OC)ccc1N1CCC(Oc2ncccc2Cl)C1. The van der Waals surface area contributed by atoms with Crippen molar-refractivity contribution in [1.82, 2.24) is 10.0 Å². The minimum Gasteiger partial charge on any atom is -0.504 e. The Bertz CT molecular complexity index is 890. The third-order valence-electron chi connectivity index (χ3n) is 4.71. The van der Waals surface area contributed by atoms with E-state index in [2.05, 4.69) is 9.88 Å². The number of halogens is 1. The van der Waals surface area contributed by atoms with Crippen LogP contribution >= 0.6 is 11.6 Å². The Balaban J connectivity index is 1.79. The van der Waals surface area contributed by atoms with Gasteiger partial charge >= 0.3 is 0 Å². The first-order chi connectivity index (χ1) is 14.0. The van der Waals surface area contributed by atoms with Gasteiger partial charge in [-0.2, -0.15) is 0 Å². The molecule has 1 aromatic heterocycles. The van der Waals surface area contributed by atoms with Crippen LogP contribution in [0.5, 0.6) is 5.88 Å². The van der Waals surface area contributed by atoms with Gasteiger partial charge in [0.1, 0.15) is 11.1 Å². The highest BCUT2D eigenvalue weighted by Gasteiger charge is 2.27. The quantitative estimate of drug-likeness (QED) is 0.506. The van der Waals surface area contributed by atoms with Gasteiger partial charge in [-0.25, -0.2) is 10.0 Å². The van der Waals surface area contributed by atoms with Crippen molar-refractivity contribution >= 4 is 29.3 Å². The fraction of sp³-hybridized carbons (Fsp3) is 0.333. The molecule has 3 rings (SSSR count). The lowest BCUT2D eigenvalue weighted by Crippen LogP contribution is -2.27. The molecule has 0 saturated carbocycles. The summed E-state index contributed by atoms with van der Waals surface area (Å²) in [6, 6.07) is 9.08. The fourth-order valence-electron chi connectivity index (χ4n) is 3.17. The summed E-state index contributed by atoms with van der Waals surface area (Å²) < 4.78 is 11.1. The number of carbonyl (C=O) groups is 1. The van der Waals surface area contributed by atoms with Gasteiger partial charge in [-0.3, -0.25) is 9.63 Å². The fourth-order valence-corrected chi connectivity index (χ4v) is 3.34. The zero-order chi connectivity index (χ0) is 20.8. The molecule has 1 aromatic carbocycles.